The van der Waals surface area contributed by atoms with Crippen molar-refractivity contribution in [3.63, 3.8) is 0 Å². The van der Waals surface area contributed by atoms with E-state index in [1.807, 2.05) is 82.6 Å². The first-order valence-corrected chi connectivity index (χ1v) is 13.7. The van der Waals surface area contributed by atoms with Crippen molar-refractivity contribution in [2.24, 2.45) is 0 Å². The summed E-state index contributed by atoms with van der Waals surface area (Å²) >= 11 is 0. The Bertz CT molecular complexity index is 1780. The Morgan fingerprint density at radius 3 is 2.00 bits per heavy atom. The highest BCUT2D eigenvalue weighted by atomic mass is 16.2. The highest BCUT2D eigenvalue weighted by Crippen LogP contribution is 2.35. The summed E-state index contributed by atoms with van der Waals surface area (Å²) in [5, 5.41) is 6.83. The number of hydrogen-bond donors (Lipinski definition) is 3. The number of rotatable bonds is 4. The van der Waals surface area contributed by atoms with Crippen molar-refractivity contribution in [2.45, 2.75) is 24.7 Å². The third kappa shape index (κ3) is 3.98. The maximum Gasteiger partial charge on any atom is 0.272 e. The molecule has 6 heterocycles. The number of likely N-dealkylation sites (tertiary alicyclic amines) is 2. The largest absolute Gasteiger partial charge is 0.359 e. The van der Waals surface area contributed by atoms with E-state index in [1.54, 1.807) is 12.1 Å². The number of nitrogens with one attached hydrogen (secondary N) is 3. The first-order chi connectivity index (χ1) is 20.1. The quantitative estimate of drug-likeness (QED) is 0.310. The first-order valence-electron chi connectivity index (χ1n) is 13.7. The van der Waals surface area contributed by atoms with E-state index in [-0.39, 0.29) is 30.1 Å². The van der Waals surface area contributed by atoms with E-state index in [0.717, 1.165) is 34.5 Å². The molecule has 3 aliphatic heterocycles. The number of hydrogen-bond acceptors (Lipinski definition) is 7. The Kier molecular flexibility index (Phi) is 5.28. The van der Waals surface area contributed by atoms with Gasteiger partial charge in [0, 0.05) is 13.1 Å². The van der Waals surface area contributed by atoms with Gasteiger partial charge in [0.2, 0.25) is 0 Å². The number of benzene rings is 2. The molecule has 5 aromatic rings. The van der Waals surface area contributed by atoms with Gasteiger partial charge in [0.05, 0.1) is 40.2 Å². The number of imidazole rings is 1. The number of aromatic amines is 1. The van der Waals surface area contributed by atoms with E-state index in [0.29, 0.717) is 36.0 Å². The summed E-state index contributed by atoms with van der Waals surface area (Å²) in [5.41, 5.74) is 5.95. The van der Waals surface area contributed by atoms with E-state index >= 15 is 0 Å². The third-order valence-corrected chi connectivity index (χ3v) is 8.17. The number of anilines is 2. The van der Waals surface area contributed by atoms with Crippen LogP contribution in [0.25, 0.3) is 22.6 Å². The van der Waals surface area contributed by atoms with Crippen LogP contribution in [0.5, 0.6) is 0 Å². The predicted octanol–water partition coefficient (Wildman–Crippen LogP) is 4.30. The molecule has 3 aromatic heterocycles. The second-order valence-electron chi connectivity index (χ2n) is 10.7. The van der Waals surface area contributed by atoms with Gasteiger partial charge in [-0.15, -0.1) is 0 Å². The fraction of sp³-hybridized carbons (Fsp3) is 0.194. The van der Waals surface area contributed by atoms with Gasteiger partial charge in [0.25, 0.3) is 11.8 Å². The van der Waals surface area contributed by atoms with Crippen LogP contribution < -0.4 is 10.6 Å². The summed E-state index contributed by atoms with van der Waals surface area (Å²) in [5.74, 6) is 0.398. The summed E-state index contributed by atoms with van der Waals surface area (Å²) in [6.45, 7) is 0.961. The number of aromatic nitrogens is 4. The number of para-hydroxylation sites is 4. The highest BCUT2D eigenvalue weighted by molar-refractivity contribution is 5.95. The Morgan fingerprint density at radius 2 is 1.32 bits per heavy atom. The van der Waals surface area contributed by atoms with E-state index in [2.05, 4.69) is 25.6 Å². The smallest absolute Gasteiger partial charge is 0.272 e. The van der Waals surface area contributed by atoms with Crippen LogP contribution in [-0.4, -0.2) is 66.7 Å². The number of fused-ring (bicyclic) bond motifs is 4. The lowest BCUT2D eigenvalue weighted by atomic mass is 10.2. The van der Waals surface area contributed by atoms with E-state index in [4.69, 9.17) is 4.98 Å². The molecule has 202 valence electrons. The Labute approximate surface area is 235 Å². The van der Waals surface area contributed by atoms with Crippen molar-refractivity contribution in [3.8, 4) is 11.5 Å². The summed E-state index contributed by atoms with van der Waals surface area (Å²) in [4.78, 5) is 48.0. The van der Waals surface area contributed by atoms with Gasteiger partial charge in [0.1, 0.15) is 23.2 Å². The minimum Gasteiger partial charge on any atom is -0.359 e. The number of carbonyl (C=O) groups excluding carboxylic acids is 2. The van der Waals surface area contributed by atoms with Crippen molar-refractivity contribution in [2.75, 3.05) is 23.7 Å². The number of amides is 2. The molecule has 0 aliphatic carbocycles. The molecule has 41 heavy (non-hydrogen) atoms. The average molecular weight is 543 g/mol. The number of H-pyrrole nitrogens is 1. The topological polar surface area (TPSA) is 119 Å². The molecule has 10 heteroatoms. The summed E-state index contributed by atoms with van der Waals surface area (Å²) in [6.07, 6.45) is 0.549. The molecular weight excluding hydrogens is 516 g/mol. The second-order valence-corrected chi connectivity index (χ2v) is 10.7. The van der Waals surface area contributed by atoms with Gasteiger partial charge >= 0.3 is 0 Å². The van der Waals surface area contributed by atoms with Crippen LogP contribution in [0.2, 0.25) is 0 Å². The first kappa shape index (κ1) is 23.6. The van der Waals surface area contributed by atoms with Crippen LogP contribution >= 0.6 is 0 Å². The molecule has 0 radical (unpaired) electrons. The maximum atomic E-state index is 13.5. The molecule has 2 unspecified atom stereocenters. The van der Waals surface area contributed by atoms with Crippen molar-refractivity contribution in [1.82, 2.24) is 29.7 Å². The van der Waals surface area contributed by atoms with Crippen LogP contribution in [0.1, 0.15) is 39.3 Å². The SMILES string of the molecule is O=C(c1cccc(-c2nc3ccccc3[nH]2)n1)N1CC2CC1CN2C(=O)c1cccc(C2Nc3ccccc3N2)n1. The maximum absolute atomic E-state index is 13.5. The zero-order valence-corrected chi connectivity index (χ0v) is 22.0. The Balaban J connectivity index is 0.965. The molecule has 0 spiro atoms. The molecule has 2 amide bonds. The molecule has 10 nitrogen and oxygen atoms in total. The van der Waals surface area contributed by atoms with Crippen LogP contribution in [0.4, 0.5) is 11.4 Å². The van der Waals surface area contributed by atoms with Crippen LogP contribution in [0, 0.1) is 0 Å². The number of pyridine rings is 2. The predicted molar refractivity (Wildman–Crippen MR) is 154 cm³/mol. The van der Waals surface area contributed by atoms with E-state index < -0.39 is 0 Å². The zero-order chi connectivity index (χ0) is 27.5. The lowest BCUT2D eigenvalue weighted by Crippen LogP contribution is -2.51. The molecule has 3 N–H and O–H groups in total. The minimum atomic E-state index is -0.203. The normalized spacial score (nSPS) is 19.3. The number of nitrogens with zero attached hydrogens (tertiary/aromatic N) is 5. The molecule has 0 saturated carbocycles. The van der Waals surface area contributed by atoms with Crippen molar-refractivity contribution in [1.29, 1.82) is 0 Å². The van der Waals surface area contributed by atoms with E-state index in [9.17, 15) is 9.59 Å². The van der Waals surface area contributed by atoms with Crippen LogP contribution in [0.3, 0.4) is 0 Å². The molecular formula is C31H26N8O2. The molecule has 2 fully saturated rings. The summed E-state index contributed by atoms with van der Waals surface area (Å²) < 4.78 is 0. The average Bonchev–Trinajstić information content (AvgIpc) is 3.82. The van der Waals surface area contributed by atoms with Gasteiger partial charge in [-0.2, -0.15) is 0 Å². The molecule has 2 aromatic carbocycles. The third-order valence-electron chi connectivity index (χ3n) is 8.17. The van der Waals surface area contributed by atoms with Gasteiger partial charge in [-0.3, -0.25) is 9.59 Å². The van der Waals surface area contributed by atoms with Crippen molar-refractivity contribution < 1.29 is 9.59 Å². The Hall–Kier alpha value is -5.25. The van der Waals surface area contributed by atoms with Gasteiger partial charge in [-0.05, 0) is 55.0 Å². The monoisotopic (exact) mass is 542 g/mol. The van der Waals surface area contributed by atoms with Crippen molar-refractivity contribution >= 4 is 34.2 Å². The molecule has 8 rings (SSSR count). The van der Waals surface area contributed by atoms with E-state index in [1.165, 1.54) is 0 Å². The van der Waals surface area contributed by atoms with Crippen LogP contribution in [0.15, 0.2) is 84.9 Å². The number of piperazine rings is 1. The molecule has 2 saturated heterocycles. The van der Waals surface area contributed by atoms with Crippen LogP contribution in [-0.2, 0) is 0 Å². The Morgan fingerprint density at radius 1 is 0.683 bits per heavy atom. The summed E-state index contributed by atoms with van der Waals surface area (Å²) in [7, 11) is 0. The number of carbonyl (C=O) groups is 2. The molecule has 2 atom stereocenters. The van der Waals surface area contributed by atoms with Gasteiger partial charge in [-0.1, -0.05) is 36.4 Å². The zero-order valence-electron chi connectivity index (χ0n) is 22.0. The highest BCUT2D eigenvalue weighted by Gasteiger charge is 2.47. The van der Waals surface area contributed by atoms with Crippen molar-refractivity contribution in [3.05, 3.63) is 102 Å². The standard InChI is InChI=1S/C31H26N8O2/c40-30(26-13-5-11-24(32-26)28-34-20-7-1-2-8-21(20)35-28)38-16-19-15-18(38)17-39(19)31(41)27-14-6-12-25(33-27)29-36-22-9-3-4-10-23(22)37-29/h1-14,18-19,28,34-35H,15-17H2,(H,36,37). The molecule has 2 bridgehead atoms. The summed E-state index contributed by atoms with van der Waals surface area (Å²) in [6, 6.07) is 26.6. The lowest BCUT2D eigenvalue weighted by Gasteiger charge is -2.34. The lowest BCUT2D eigenvalue weighted by molar-refractivity contribution is 0.0520. The fourth-order valence-corrected chi connectivity index (χ4v) is 6.18. The fourth-order valence-electron chi connectivity index (χ4n) is 6.18. The van der Waals surface area contributed by atoms with Gasteiger partial charge < -0.3 is 25.4 Å². The molecule has 3 aliphatic rings. The van der Waals surface area contributed by atoms with Gasteiger partial charge in [-0.25, -0.2) is 15.0 Å². The van der Waals surface area contributed by atoms with Gasteiger partial charge in [0.15, 0.2) is 5.82 Å². The minimum absolute atomic E-state index is 0.0487. The second kappa shape index (κ2) is 9.16.